The van der Waals surface area contributed by atoms with Crippen LogP contribution in [0.3, 0.4) is 0 Å². The van der Waals surface area contributed by atoms with E-state index in [9.17, 15) is 9.59 Å². The molecule has 128 valence electrons. The Bertz CT molecular complexity index is 543. The van der Waals surface area contributed by atoms with E-state index in [0.717, 1.165) is 18.1 Å². The molecule has 0 saturated carbocycles. The topological polar surface area (TPSA) is 70.2 Å². The van der Waals surface area contributed by atoms with Crippen molar-refractivity contribution in [3.8, 4) is 0 Å². The van der Waals surface area contributed by atoms with E-state index < -0.39 is 0 Å². The number of hydrogen-bond acceptors (Lipinski definition) is 4. The van der Waals surface area contributed by atoms with Crippen LogP contribution in [0.25, 0.3) is 0 Å². The quantitative estimate of drug-likeness (QED) is 0.757. The fourth-order valence-electron chi connectivity index (χ4n) is 1.97. The average molecular weight is 358 g/mol. The molecule has 1 atom stereocenters. The summed E-state index contributed by atoms with van der Waals surface area (Å²) >= 11 is 1.71. The van der Waals surface area contributed by atoms with E-state index in [1.807, 2.05) is 20.8 Å². The summed E-state index contributed by atoms with van der Waals surface area (Å²) in [7, 11) is 0. The first-order chi connectivity index (χ1) is 10.4. The van der Waals surface area contributed by atoms with Crippen molar-refractivity contribution in [1.82, 2.24) is 10.6 Å². The number of halogens is 1. The highest BCUT2D eigenvalue weighted by Crippen LogP contribution is 2.15. The first kappa shape index (κ1) is 19.8. The van der Waals surface area contributed by atoms with Gasteiger partial charge >= 0.3 is 0 Å². The minimum atomic E-state index is -0.226. The largest absolute Gasteiger partial charge is 0.347 e. The zero-order valence-electron chi connectivity index (χ0n) is 13.6. The Labute approximate surface area is 147 Å². The van der Waals surface area contributed by atoms with Crippen molar-refractivity contribution in [3.63, 3.8) is 0 Å². The Kier molecular flexibility index (Phi) is 7.38. The second-order valence-electron chi connectivity index (χ2n) is 6.03. The molecule has 0 radical (unpaired) electrons. The molecule has 1 aliphatic rings. The molecule has 7 heteroatoms. The third kappa shape index (κ3) is 5.71. The molecule has 1 fully saturated rings. The first-order valence-corrected chi connectivity index (χ1v) is 8.61. The van der Waals surface area contributed by atoms with Crippen LogP contribution >= 0.6 is 24.2 Å². The minimum Gasteiger partial charge on any atom is -0.347 e. The summed E-state index contributed by atoms with van der Waals surface area (Å²) in [5.41, 5.74) is 1.07. The zero-order valence-corrected chi connectivity index (χ0v) is 15.3. The Morgan fingerprint density at radius 3 is 2.48 bits per heavy atom. The van der Waals surface area contributed by atoms with Gasteiger partial charge < -0.3 is 10.6 Å². The highest BCUT2D eigenvalue weighted by Gasteiger charge is 2.22. The number of anilines is 1. The molecule has 2 rings (SSSR count). The number of hydrogen-bond donors (Lipinski definition) is 3. The minimum absolute atomic E-state index is 0. The van der Waals surface area contributed by atoms with Crippen LogP contribution in [0.5, 0.6) is 0 Å². The summed E-state index contributed by atoms with van der Waals surface area (Å²) in [4.78, 5) is 24.1. The van der Waals surface area contributed by atoms with Gasteiger partial charge in [0.05, 0.1) is 6.04 Å². The Morgan fingerprint density at radius 2 is 1.96 bits per heavy atom. The van der Waals surface area contributed by atoms with Crippen molar-refractivity contribution >= 4 is 41.7 Å². The van der Waals surface area contributed by atoms with Gasteiger partial charge in [-0.15, -0.1) is 24.2 Å². The molecular formula is C16H24ClN3O2S. The molecule has 1 heterocycles. The monoisotopic (exact) mass is 357 g/mol. The van der Waals surface area contributed by atoms with Crippen LogP contribution in [0.15, 0.2) is 24.3 Å². The van der Waals surface area contributed by atoms with Gasteiger partial charge in [0.2, 0.25) is 5.91 Å². The number of carbonyl (C=O) groups is 2. The van der Waals surface area contributed by atoms with E-state index in [2.05, 4.69) is 16.0 Å². The smallest absolute Gasteiger partial charge is 0.251 e. The summed E-state index contributed by atoms with van der Waals surface area (Å²) in [6.45, 7) is 6.02. The number of nitrogens with one attached hydrogen (secondary N) is 3. The lowest BCUT2D eigenvalue weighted by atomic mass is 10.0. The SMILES string of the molecule is CCC(C)(C)NC(=O)c1ccc(NC(=O)C2CSCN2)cc1.Cl. The van der Waals surface area contributed by atoms with Crippen LogP contribution in [0, 0.1) is 0 Å². The molecule has 0 spiro atoms. The molecule has 23 heavy (non-hydrogen) atoms. The van der Waals surface area contributed by atoms with Crippen LogP contribution in [-0.2, 0) is 4.79 Å². The second-order valence-corrected chi connectivity index (χ2v) is 7.06. The molecule has 1 saturated heterocycles. The van der Waals surface area contributed by atoms with Crippen LogP contribution in [0.4, 0.5) is 5.69 Å². The van der Waals surface area contributed by atoms with Gasteiger partial charge in [-0.25, -0.2) is 0 Å². The van der Waals surface area contributed by atoms with Crippen LogP contribution in [-0.4, -0.2) is 35.0 Å². The molecule has 5 nitrogen and oxygen atoms in total. The molecule has 1 aromatic carbocycles. The summed E-state index contributed by atoms with van der Waals surface area (Å²) in [6.07, 6.45) is 0.860. The van der Waals surface area contributed by atoms with Crippen molar-refractivity contribution in [2.24, 2.45) is 0 Å². The van der Waals surface area contributed by atoms with E-state index in [-0.39, 0.29) is 35.8 Å². The Balaban J connectivity index is 0.00000264. The van der Waals surface area contributed by atoms with Crippen molar-refractivity contribution < 1.29 is 9.59 Å². The van der Waals surface area contributed by atoms with E-state index >= 15 is 0 Å². The molecule has 0 bridgehead atoms. The lowest BCUT2D eigenvalue weighted by Crippen LogP contribution is -2.42. The molecule has 1 aliphatic heterocycles. The molecule has 0 aromatic heterocycles. The highest BCUT2D eigenvalue weighted by atomic mass is 35.5. The van der Waals surface area contributed by atoms with Gasteiger partial charge in [-0.05, 0) is 44.5 Å². The Hall–Kier alpha value is -1.24. The predicted octanol–water partition coefficient (Wildman–Crippen LogP) is 2.63. The van der Waals surface area contributed by atoms with Crippen LogP contribution < -0.4 is 16.0 Å². The standard InChI is InChI=1S/C16H23N3O2S.ClH/c1-4-16(2,3)19-14(20)11-5-7-12(8-6-11)18-15(21)13-9-22-10-17-13;/h5-8,13,17H,4,9-10H2,1-3H3,(H,18,21)(H,19,20);1H. The predicted molar refractivity (Wildman–Crippen MR) is 98.4 cm³/mol. The van der Waals surface area contributed by atoms with Crippen LogP contribution in [0.2, 0.25) is 0 Å². The number of carbonyl (C=O) groups excluding carboxylic acids is 2. The van der Waals surface area contributed by atoms with Gasteiger partial charge in [0, 0.05) is 28.4 Å². The third-order valence-corrected chi connectivity index (χ3v) is 4.72. The number of thioether (sulfide) groups is 1. The van der Waals surface area contributed by atoms with Crippen molar-refractivity contribution in [2.45, 2.75) is 38.8 Å². The van der Waals surface area contributed by atoms with Crippen LogP contribution in [0.1, 0.15) is 37.6 Å². The van der Waals surface area contributed by atoms with E-state index in [1.165, 1.54) is 0 Å². The number of benzene rings is 1. The van der Waals surface area contributed by atoms with Gasteiger partial charge in [0.15, 0.2) is 0 Å². The molecular weight excluding hydrogens is 334 g/mol. The molecule has 0 aliphatic carbocycles. The zero-order chi connectivity index (χ0) is 16.2. The van der Waals surface area contributed by atoms with Gasteiger partial charge in [0.25, 0.3) is 5.91 Å². The summed E-state index contributed by atoms with van der Waals surface area (Å²) in [5.74, 6) is 1.47. The van der Waals surface area contributed by atoms with E-state index in [0.29, 0.717) is 11.3 Å². The third-order valence-electron chi connectivity index (χ3n) is 3.78. The normalized spacial score (nSPS) is 17.3. The van der Waals surface area contributed by atoms with Gasteiger partial charge in [-0.2, -0.15) is 0 Å². The van der Waals surface area contributed by atoms with Gasteiger partial charge in [-0.1, -0.05) is 6.92 Å². The fraction of sp³-hybridized carbons (Fsp3) is 0.500. The van der Waals surface area contributed by atoms with E-state index in [1.54, 1.807) is 36.0 Å². The van der Waals surface area contributed by atoms with E-state index in [4.69, 9.17) is 0 Å². The molecule has 1 unspecified atom stereocenters. The summed E-state index contributed by atoms with van der Waals surface area (Å²) < 4.78 is 0. The lowest BCUT2D eigenvalue weighted by molar-refractivity contribution is -0.117. The summed E-state index contributed by atoms with van der Waals surface area (Å²) in [5, 5.41) is 8.98. The maximum absolute atomic E-state index is 12.2. The summed E-state index contributed by atoms with van der Waals surface area (Å²) in [6, 6.07) is 6.83. The second kappa shape index (κ2) is 8.57. The maximum atomic E-state index is 12.2. The number of rotatable bonds is 5. The average Bonchev–Trinajstić information content (AvgIpc) is 3.02. The highest BCUT2D eigenvalue weighted by molar-refractivity contribution is 7.99. The molecule has 1 aromatic rings. The lowest BCUT2D eigenvalue weighted by Gasteiger charge is -2.24. The molecule has 2 amide bonds. The maximum Gasteiger partial charge on any atom is 0.251 e. The van der Waals surface area contributed by atoms with Crippen molar-refractivity contribution in [1.29, 1.82) is 0 Å². The van der Waals surface area contributed by atoms with Crippen molar-refractivity contribution in [3.05, 3.63) is 29.8 Å². The number of amides is 2. The van der Waals surface area contributed by atoms with Gasteiger partial charge in [-0.3, -0.25) is 14.9 Å². The van der Waals surface area contributed by atoms with Crippen molar-refractivity contribution in [2.75, 3.05) is 16.9 Å². The fourth-order valence-corrected chi connectivity index (χ4v) is 2.91. The Morgan fingerprint density at radius 1 is 1.30 bits per heavy atom. The molecule has 3 N–H and O–H groups in total. The first-order valence-electron chi connectivity index (χ1n) is 7.46. The van der Waals surface area contributed by atoms with Gasteiger partial charge in [0.1, 0.15) is 0 Å².